The second kappa shape index (κ2) is 7.78. The van der Waals surface area contributed by atoms with E-state index in [1.807, 2.05) is 70.2 Å². The van der Waals surface area contributed by atoms with E-state index >= 15 is 0 Å². The van der Waals surface area contributed by atoms with Crippen LogP contribution >= 0.6 is 0 Å². The summed E-state index contributed by atoms with van der Waals surface area (Å²) in [6.07, 6.45) is 1.25. The highest BCUT2D eigenvalue weighted by atomic mass is 16.6. The first-order chi connectivity index (χ1) is 14.3. The number of carbonyl (C=O) groups is 1. The highest BCUT2D eigenvalue weighted by molar-refractivity contribution is 5.90. The number of aromatic nitrogens is 2. The minimum absolute atomic E-state index is 0.0244. The van der Waals surface area contributed by atoms with Crippen LogP contribution < -0.4 is 10.2 Å². The van der Waals surface area contributed by atoms with Gasteiger partial charge in [0, 0.05) is 6.20 Å². The van der Waals surface area contributed by atoms with E-state index in [2.05, 4.69) is 27.4 Å². The monoisotopic (exact) mass is 402 g/mol. The number of aryl methyl sites for hydroxylation is 1. The van der Waals surface area contributed by atoms with Crippen molar-refractivity contribution >= 4 is 17.9 Å². The number of nitrogens with zero attached hydrogens (tertiary/aromatic N) is 3. The Balaban J connectivity index is 1.65. The Morgan fingerprint density at radius 2 is 1.77 bits per heavy atom. The van der Waals surface area contributed by atoms with Gasteiger partial charge in [-0.05, 0) is 44.9 Å². The number of carbonyl (C=O) groups excluding carboxylic acids is 1. The van der Waals surface area contributed by atoms with Crippen LogP contribution in [0, 0.1) is 6.92 Å². The zero-order chi connectivity index (χ0) is 21.3. The number of amides is 1. The summed E-state index contributed by atoms with van der Waals surface area (Å²) in [5, 5.41) is 3.32. The van der Waals surface area contributed by atoms with Crippen molar-refractivity contribution in [1.82, 2.24) is 9.97 Å². The van der Waals surface area contributed by atoms with Crippen LogP contribution in [-0.2, 0) is 4.74 Å². The summed E-state index contributed by atoms with van der Waals surface area (Å²) in [5.74, 6) is 0.970. The van der Waals surface area contributed by atoms with E-state index in [4.69, 9.17) is 4.74 Å². The van der Waals surface area contributed by atoms with Crippen molar-refractivity contribution in [2.75, 3.05) is 10.2 Å². The molecule has 1 amide bonds. The van der Waals surface area contributed by atoms with E-state index < -0.39 is 11.7 Å². The minimum atomic E-state index is -0.692. The van der Waals surface area contributed by atoms with E-state index in [1.54, 1.807) is 17.2 Å². The Hall–Kier alpha value is -3.41. The van der Waals surface area contributed by atoms with Gasteiger partial charge in [-0.15, -0.1) is 0 Å². The highest BCUT2D eigenvalue weighted by Gasteiger charge is 2.49. The van der Waals surface area contributed by atoms with Crippen LogP contribution in [0.4, 0.5) is 16.6 Å². The van der Waals surface area contributed by atoms with Crippen LogP contribution in [0.5, 0.6) is 0 Å². The predicted molar refractivity (Wildman–Crippen MR) is 117 cm³/mol. The van der Waals surface area contributed by atoms with Gasteiger partial charge in [0.05, 0.1) is 6.04 Å². The van der Waals surface area contributed by atoms with E-state index in [-0.39, 0.29) is 12.1 Å². The Morgan fingerprint density at radius 3 is 2.47 bits per heavy atom. The second-order valence-corrected chi connectivity index (χ2v) is 8.17. The third-order valence-electron chi connectivity index (χ3n) is 5.39. The van der Waals surface area contributed by atoms with Gasteiger partial charge < -0.3 is 10.1 Å². The van der Waals surface area contributed by atoms with Gasteiger partial charge in [-0.2, -0.15) is 4.98 Å². The largest absolute Gasteiger partial charge is 0.440 e. The molecule has 6 heteroatoms. The fourth-order valence-electron chi connectivity index (χ4n) is 3.84. The number of rotatable bonds is 5. The van der Waals surface area contributed by atoms with E-state index in [0.29, 0.717) is 11.8 Å². The van der Waals surface area contributed by atoms with Gasteiger partial charge in [0.25, 0.3) is 0 Å². The third kappa shape index (κ3) is 3.85. The molecule has 154 valence electrons. The number of cyclic esters (lactones) is 1. The predicted octanol–water partition coefficient (Wildman–Crippen LogP) is 5.43. The van der Waals surface area contributed by atoms with Crippen molar-refractivity contribution in [2.45, 2.75) is 45.4 Å². The Bertz CT molecular complexity index is 1030. The highest BCUT2D eigenvalue weighted by Crippen LogP contribution is 2.43. The molecule has 2 aromatic carbocycles. The lowest BCUT2D eigenvalue weighted by Gasteiger charge is -2.29. The van der Waals surface area contributed by atoms with E-state index in [9.17, 15) is 4.79 Å². The molecule has 0 spiro atoms. The average Bonchev–Trinajstić information content (AvgIpc) is 2.97. The molecule has 6 nitrogen and oxygen atoms in total. The summed E-state index contributed by atoms with van der Waals surface area (Å²) < 4.78 is 5.71. The lowest BCUT2D eigenvalue weighted by molar-refractivity contribution is 0.0685. The normalized spacial score (nSPS) is 18.7. The fourth-order valence-corrected chi connectivity index (χ4v) is 3.84. The van der Waals surface area contributed by atoms with E-state index in [0.717, 1.165) is 16.7 Å². The number of hydrogen-bond acceptors (Lipinski definition) is 5. The molecule has 2 atom stereocenters. The van der Waals surface area contributed by atoms with Crippen molar-refractivity contribution in [3.05, 3.63) is 83.6 Å². The molecule has 1 aliphatic rings. The number of ether oxygens (including phenoxy) is 1. The number of benzene rings is 2. The van der Waals surface area contributed by atoms with E-state index in [1.165, 1.54) is 0 Å². The molecule has 1 fully saturated rings. The Labute approximate surface area is 176 Å². The topological polar surface area (TPSA) is 67.4 Å². The number of nitrogens with one attached hydrogen (secondary N) is 1. The summed E-state index contributed by atoms with van der Waals surface area (Å²) in [6, 6.07) is 19.7. The van der Waals surface area contributed by atoms with Crippen molar-refractivity contribution in [2.24, 2.45) is 0 Å². The molecule has 1 saturated heterocycles. The maximum Gasteiger partial charge on any atom is 0.416 e. The first-order valence-electron chi connectivity index (χ1n) is 10.1. The maximum absolute atomic E-state index is 12.8. The fraction of sp³-hybridized carbons (Fsp3) is 0.292. The maximum atomic E-state index is 12.8. The first-order valence-corrected chi connectivity index (χ1v) is 10.1. The molecule has 0 radical (unpaired) electrons. The summed E-state index contributed by atoms with van der Waals surface area (Å²) in [6.45, 7) is 7.94. The smallest absolute Gasteiger partial charge is 0.416 e. The molecule has 1 aliphatic heterocycles. The summed E-state index contributed by atoms with van der Waals surface area (Å²) in [5.41, 5.74) is 2.60. The van der Waals surface area contributed by atoms with Gasteiger partial charge in [-0.3, -0.25) is 0 Å². The van der Waals surface area contributed by atoms with Crippen molar-refractivity contribution in [3.8, 4) is 0 Å². The molecule has 0 saturated carbocycles. The molecular formula is C24H26N4O2. The average molecular weight is 402 g/mol. The standard InChI is InChI=1S/C24H26N4O2/c1-16-10-12-19(13-11-16)21-24(3,4)30-23(29)28(21)20-14-15-25-22(27-20)26-17(2)18-8-6-5-7-9-18/h5-15,17,21H,1-4H3,(H,25,26,27)/t17-,21?/m0/s1. The second-order valence-electron chi connectivity index (χ2n) is 8.17. The van der Waals surface area contributed by atoms with Gasteiger partial charge in [0.15, 0.2) is 0 Å². The van der Waals surface area contributed by atoms with Crippen molar-refractivity contribution in [3.63, 3.8) is 0 Å². The number of anilines is 2. The molecule has 0 bridgehead atoms. The molecule has 0 aliphatic carbocycles. The zero-order valence-electron chi connectivity index (χ0n) is 17.7. The summed E-state index contributed by atoms with van der Waals surface area (Å²) in [7, 11) is 0. The Morgan fingerprint density at radius 1 is 1.07 bits per heavy atom. The first kappa shape index (κ1) is 19.9. The summed E-state index contributed by atoms with van der Waals surface area (Å²) >= 11 is 0. The van der Waals surface area contributed by atoms with Crippen LogP contribution in [0.2, 0.25) is 0 Å². The number of hydrogen-bond donors (Lipinski definition) is 1. The quantitative estimate of drug-likeness (QED) is 0.616. The molecular weight excluding hydrogens is 376 g/mol. The van der Waals surface area contributed by atoms with Gasteiger partial charge in [-0.1, -0.05) is 60.2 Å². The van der Waals surface area contributed by atoms with Crippen LogP contribution in [0.3, 0.4) is 0 Å². The van der Waals surface area contributed by atoms with Crippen LogP contribution in [0.25, 0.3) is 0 Å². The third-order valence-corrected chi connectivity index (χ3v) is 5.39. The zero-order valence-corrected chi connectivity index (χ0v) is 17.7. The molecule has 1 aromatic heterocycles. The molecule has 4 rings (SSSR count). The van der Waals surface area contributed by atoms with Crippen LogP contribution in [-0.4, -0.2) is 21.7 Å². The van der Waals surface area contributed by atoms with Crippen molar-refractivity contribution in [1.29, 1.82) is 0 Å². The lowest BCUT2D eigenvalue weighted by Crippen LogP contribution is -2.34. The molecule has 30 heavy (non-hydrogen) atoms. The lowest BCUT2D eigenvalue weighted by atomic mass is 9.91. The van der Waals surface area contributed by atoms with Gasteiger partial charge in [-0.25, -0.2) is 14.7 Å². The van der Waals surface area contributed by atoms with Gasteiger partial charge >= 0.3 is 6.09 Å². The molecule has 2 heterocycles. The SMILES string of the molecule is Cc1ccc(C2N(c3ccnc(N[C@@H](C)c4ccccc4)n3)C(=O)OC2(C)C)cc1. The van der Waals surface area contributed by atoms with Crippen molar-refractivity contribution < 1.29 is 9.53 Å². The molecule has 1 unspecified atom stereocenters. The van der Waals surface area contributed by atoms with Gasteiger partial charge in [0.1, 0.15) is 17.5 Å². The minimum Gasteiger partial charge on any atom is -0.440 e. The summed E-state index contributed by atoms with van der Waals surface area (Å²) in [4.78, 5) is 23.4. The molecule has 3 aromatic rings. The Kier molecular flexibility index (Phi) is 5.16. The van der Waals surface area contributed by atoms with Crippen LogP contribution in [0.15, 0.2) is 66.9 Å². The van der Waals surface area contributed by atoms with Gasteiger partial charge in [0.2, 0.25) is 5.95 Å². The molecule has 1 N–H and O–H groups in total. The van der Waals surface area contributed by atoms with Crippen LogP contribution in [0.1, 0.15) is 49.5 Å².